The lowest BCUT2D eigenvalue weighted by molar-refractivity contribution is 0.111. The van der Waals surface area contributed by atoms with Crippen molar-refractivity contribution < 1.29 is 0 Å². The van der Waals surface area contributed by atoms with Crippen molar-refractivity contribution in [1.82, 2.24) is 15.1 Å². The van der Waals surface area contributed by atoms with Crippen LogP contribution in [0.4, 0.5) is 0 Å². The predicted octanol–water partition coefficient (Wildman–Crippen LogP) is 1.96. The Kier molecular flexibility index (Phi) is 4.22. The van der Waals surface area contributed by atoms with Crippen molar-refractivity contribution in [3.8, 4) is 0 Å². The molecule has 0 aromatic carbocycles. The molecule has 1 aliphatic carbocycles. The first-order chi connectivity index (χ1) is 9.24. The zero-order valence-electron chi connectivity index (χ0n) is 12.1. The SMILES string of the molecule is CN1CCN(C)C(CNC2CCCc3sccc32)C1. The van der Waals surface area contributed by atoms with Crippen LogP contribution in [-0.4, -0.2) is 56.1 Å². The Bertz CT molecular complexity index is 417. The van der Waals surface area contributed by atoms with Gasteiger partial charge in [0.25, 0.3) is 0 Å². The third-order valence-electron chi connectivity index (χ3n) is 4.63. The molecule has 0 amide bonds. The Morgan fingerprint density at radius 2 is 2.26 bits per heavy atom. The fraction of sp³-hybridized carbons (Fsp3) is 0.733. The van der Waals surface area contributed by atoms with Crippen LogP contribution >= 0.6 is 11.3 Å². The first-order valence-corrected chi connectivity index (χ1v) is 8.30. The lowest BCUT2D eigenvalue weighted by atomic mass is 9.94. The fourth-order valence-corrected chi connectivity index (χ4v) is 4.29. The molecule has 0 bridgehead atoms. The van der Waals surface area contributed by atoms with Crippen LogP contribution in [0.15, 0.2) is 11.4 Å². The summed E-state index contributed by atoms with van der Waals surface area (Å²) in [5, 5.41) is 6.08. The highest BCUT2D eigenvalue weighted by Gasteiger charge is 2.25. The molecule has 3 rings (SSSR count). The van der Waals surface area contributed by atoms with Gasteiger partial charge in [0.15, 0.2) is 0 Å². The Balaban J connectivity index is 1.58. The summed E-state index contributed by atoms with van der Waals surface area (Å²) >= 11 is 1.93. The van der Waals surface area contributed by atoms with Crippen molar-refractivity contribution >= 4 is 11.3 Å². The molecule has 3 nitrogen and oxygen atoms in total. The number of nitrogens with one attached hydrogen (secondary N) is 1. The molecule has 1 saturated heterocycles. The van der Waals surface area contributed by atoms with Gasteiger partial charge in [0, 0.05) is 43.1 Å². The van der Waals surface area contributed by atoms with E-state index in [1.54, 1.807) is 10.4 Å². The fourth-order valence-electron chi connectivity index (χ4n) is 3.30. The Morgan fingerprint density at radius 1 is 1.37 bits per heavy atom. The Hall–Kier alpha value is -0.420. The summed E-state index contributed by atoms with van der Waals surface area (Å²) in [6, 6.07) is 3.58. The second-order valence-electron chi connectivity index (χ2n) is 6.05. The highest BCUT2D eigenvalue weighted by molar-refractivity contribution is 7.10. The second kappa shape index (κ2) is 5.92. The molecule has 1 aromatic rings. The van der Waals surface area contributed by atoms with E-state index in [-0.39, 0.29) is 0 Å². The maximum absolute atomic E-state index is 3.82. The minimum atomic E-state index is 0.593. The normalized spacial score (nSPS) is 29.4. The minimum absolute atomic E-state index is 0.593. The van der Waals surface area contributed by atoms with Crippen molar-refractivity contribution in [2.45, 2.75) is 31.3 Å². The summed E-state index contributed by atoms with van der Waals surface area (Å²) in [5.41, 5.74) is 1.57. The predicted molar refractivity (Wildman–Crippen MR) is 81.9 cm³/mol. The maximum atomic E-state index is 3.82. The van der Waals surface area contributed by atoms with E-state index >= 15 is 0 Å². The van der Waals surface area contributed by atoms with Crippen molar-refractivity contribution in [2.24, 2.45) is 0 Å². The summed E-state index contributed by atoms with van der Waals surface area (Å²) in [5.74, 6) is 0. The zero-order valence-corrected chi connectivity index (χ0v) is 12.9. The van der Waals surface area contributed by atoms with Crippen molar-refractivity contribution in [1.29, 1.82) is 0 Å². The number of likely N-dealkylation sites (N-methyl/N-ethyl adjacent to an activating group) is 2. The van der Waals surface area contributed by atoms with Gasteiger partial charge >= 0.3 is 0 Å². The van der Waals surface area contributed by atoms with Crippen LogP contribution in [0.3, 0.4) is 0 Å². The van der Waals surface area contributed by atoms with Crippen molar-refractivity contribution in [2.75, 3.05) is 40.3 Å². The number of piperazine rings is 1. The number of rotatable bonds is 3. The molecular formula is C15H25N3S. The van der Waals surface area contributed by atoms with Gasteiger partial charge in [-0.1, -0.05) is 0 Å². The highest BCUT2D eigenvalue weighted by Crippen LogP contribution is 2.33. The van der Waals surface area contributed by atoms with E-state index in [1.807, 2.05) is 11.3 Å². The molecule has 0 saturated carbocycles. The molecule has 0 spiro atoms. The highest BCUT2D eigenvalue weighted by atomic mass is 32.1. The summed E-state index contributed by atoms with van der Waals surface area (Å²) in [6.45, 7) is 4.69. The molecule has 19 heavy (non-hydrogen) atoms. The lowest BCUT2D eigenvalue weighted by Crippen LogP contribution is -2.54. The summed E-state index contributed by atoms with van der Waals surface area (Å²) < 4.78 is 0. The van der Waals surface area contributed by atoms with E-state index in [4.69, 9.17) is 0 Å². The summed E-state index contributed by atoms with van der Waals surface area (Å²) in [4.78, 5) is 6.56. The average molecular weight is 279 g/mol. The van der Waals surface area contributed by atoms with Crippen LogP contribution in [0.1, 0.15) is 29.3 Å². The van der Waals surface area contributed by atoms with Gasteiger partial charge in [-0.2, -0.15) is 0 Å². The van der Waals surface area contributed by atoms with E-state index in [0.717, 1.165) is 6.54 Å². The Morgan fingerprint density at radius 3 is 3.16 bits per heavy atom. The molecule has 1 fully saturated rings. The van der Waals surface area contributed by atoms with Gasteiger partial charge in [0.2, 0.25) is 0 Å². The van der Waals surface area contributed by atoms with Crippen molar-refractivity contribution in [3.05, 3.63) is 21.9 Å². The van der Waals surface area contributed by atoms with Gasteiger partial charge in [-0.05, 0) is 50.4 Å². The van der Waals surface area contributed by atoms with Crippen LogP contribution in [0, 0.1) is 0 Å². The number of fused-ring (bicyclic) bond motifs is 1. The van der Waals surface area contributed by atoms with E-state index in [2.05, 4.69) is 40.7 Å². The van der Waals surface area contributed by atoms with E-state index in [1.165, 1.54) is 38.9 Å². The van der Waals surface area contributed by atoms with Gasteiger partial charge in [-0.3, -0.25) is 4.90 Å². The molecule has 2 heterocycles. The average Bonchev–Trinajstić information content (AvgIpc) is 2.88. The third kappa shape index (κ3) is 3.02. The summed E-state index contributed by atoms with van der Waals surface area (Å²) in [6.07, 6.45) is 3.93. The first kappa shape index (κ1) is 13.6. The monoisotopic (exact) mass is 279 g/mol. The number of hydrogen-bond acceptors (Lipinski definition) is 4. The number of aryl methyl sites for hydroxylation is 1. The smallest absolute Gasteiger partial charge is 0.0345 e. The van der Waals surface area contributed by atoms with E-state index < -0.39 is 0 Å². The van der Waals surface area contributed by atoms with Gasteiger partial charge in [0.1, 0.15) is 0 Å². The largest absolute Gasteiger partial charge is 0.308 e. The molecule has 2 unspecified atom stereocenters. The van der Waals surface area contributed by atoms with Gasteiger partial charge in [-0.15, -0.1) is 11.3 Å². The van der Waals surface area contributed by atoms with Gasteiger partial charge in [-0.25, -0.2) is 0 Å². The molecule has 4 heteroatoms. The van der Waals surface area contributed by atoms with E-state index in [9.17, 15) is 0 Å². The van der Waals surface area contributed by atoms with Crippen LogP contribution < -0.4 is 5.32 Å². The van der Waals surface area contributed by atoms with Gasteiger partial charge < -0.3 is 10.2 Å². The molecule has 1 N–H and O–H groups in total. The van der Waals surface area contributed by atoms with Crippen LogP contribution in [0.5, 0.6) is 0 Å². The number of hydrogen-bond donors (Lipinski definition) is 1. The van der Waals surface area contributed by atoms with Crippen molar-refractivity contribution in [3.63, 3.8) is 0 Å². The molecule has 1 aliphatic heterocycles. The molecule has 0 radical (unpaired) electrons. The standard InChI is InChI=1S/C15H25N3S/c1-17-7-8-18(2)12(11-17)10-16-14-4-3-5-15-13(14)6-9-19-15/h6,9,12,14,16H,3-5,7-8,10-11H2,1-2H3. The molecule has 2 aliphatic rings. The van der Waals surface area contributed by atoms with Gasteiger partial charge in [0.05, 0.1) is 0 Å². The molecule has 1 aromatic heterocycles. The van der Waals surface area contributed by atoms with Crippen LogP contribution in [0.25, 0.3) is 0 Å². The number of nitrogens with zero attached hydrogens (tertiary/aromatic N) is 2. The summed E-state index contributed by atoms with van der Waals surface area (Å²) in [7, 11) is 4.49. The lowest BCUT2D eigenvalue weighted by Gasteiger charge is -2.38. The third-order valence-corrected chi connectivity index (χ3v) is 5.63. The number of thiophene rings is 1. The van der Waals surface area contributed by atoms with E-state index in [0.29, 0.717) is 12.1 Å². The van der Waals surface area contributed by atoms with Crippen LogP contribution in [-0.2, 0) is 6.42 Å². The first-order valence-electron chi connectivity index (χ1n) is 7.42. The quantitative estimate of drug-likeness (QED) is 0.912. The molecular weight excluding hydrogens is 254 g/mol. The topological polar surface area (TPSA) is 18.5 Å². The van der Waals surface area contributed by atoms with Crippen LogP contribution in [0.2, 0.25) is 0 Å². The maximum Gasteiger partial charge on any atom is 0.0345 e. The molecule has 2 atom stereocenters. The molecule has 106 valence electrons. The second-order valence-corrected chi connectivity index (χ2v) is 7.05. The zero-order chi connectivity index (χ0) is 13.2. The minimum Gasteiger partial charge on any atom is -0.308 e. The Labute approximate surface area is 120 Å².